The van der Waals surface area contributed by atoms with Gasteiger partial charge in [0, 0.05) is 24.5 Å². The number of benzene rings is 1. The Morgan fingerprint density at radius 1 is 1.53 bits per heavy atom. The number of nitro groups is 1. The molecule has 1 rings (SSSR count). The van der Waals surface area contributed by atoms with Crippen LogP contribution < -0.4 is 4.90 Å². The van der Waals surface area contributed by atoms with E-state index in [1.54, 1.807) is 12.1 Å². The molecule has 0 unspecified atom stereocenters. The first-order valence-corrected chi connectivity index (χ1v) is 6.51. The van der Waals surface area contributed by atoms with Crippen LogP contribution in [-0.4, -0.2) is 17.5 Å². The minimum atomic E-state index is -0.410. The van der Waals surface area contributed by atoms with Crippen LogP contribution in [0.3, 0.4) is 0 Å². The molecule has 1 aromatic carbocycles. The molecule has 19 heavy (non-hydrogen) atoms. The van der Waals surface area contributed by atoms with E-state index >= 15 is 0 Å². The molecule has 102 valence electrons. The highest BCUT2D eigenvalue weighted by Gasteiger charge is 2.21. The molecule has 0 amide bonds. The first-order chi connectivity index (χ1) is 9.01. The van der Waals surface area contributed by atoms with Gasteiger partial charge in [-0.05, 0) is 25.5 Å². The van der Waals surface area contributed by atoms with Gasteiger partial charge in [0.15, 0.2) is 0 Å². The molecule has 1 aromatic rings. The maximum atomic E-state index is 11.2. The van der Waals surface area contributed by atoms with Crippen LogP contribution in [0.2, 0.25) is 0 Å². The third-order valence-corrected chi connectivity index (χ3v) is 3.10. The number of nitriles is 1. The van der Waals surface area contributed by atoms with Crippen LogP contribution in [0.4, 0.5) is 11.4 Å². The van der Waals surface area contributed by atoms with Gasteiger partial charge in [0.05, 0.1) is 17.4 Å². The summed E-state index contributed by atoms with van der Waals surface area (Å²) in [5, 5.41) is 19.8. The van der Waals surface area contributed by atoms with Crippen LogP contribution in [-0.2, 0) is 5.88 Å². The molecule has 0 spiro atoms. The second kappa shape index (κ2) is 6.95. The summed E-state index contributed by atoms with van der Waals surface area (Å²) in [6.07, 6.45) is 0.326. The molecular formula is C13H16ClN3O2. The molecule has 0 aliphatic carbocycles. The van der Waals surface area contributed by atoms with E-state index in [9.17, 15) is 10.1 Å². The van der Waals surface area contributed by atoms with E-state index in [0.717, 1.165) is 0 Å². The van der Waals surface area contributed by atoms with Crippen molar-refractivity contribution in [3.8, 4) is 6.07 Å². The Kier molecular flexibility index (Phi) is 5.58. The number of hydrogen-bond acceptors (Lipinski definition) is 4. The number of anilines is 1. The van der Waals surface area contributed by atoms with Crippen molar-refractivity contribution in [3.05, 3.63) is 33.9 Å². The molecule has 0 radical (unpaired) electrons. The molecule has 0 aromatic heterocycles. The van der Waals surface area contributed by atoms with Gasteiger partial charge in [-0.15, -0.1) is 11.6 Å². The zero-order valence-corrected chi connectivity index (χ0v) is 11.7. The fourth-order valence-electron chi connectivity index (χ4n) is 1.87. The predicted molar refractivity (Wildman–Crippen MR) is 75.4 cm³/mol. The van der Waals surface area contributed by atoms with Crippen LogP contribution in [0, 0.1) is 21.4 Å². The lowest BCUT2D eigenvalue weighted by molar-refractivity contribution is -0.384. The van der Waals surface area contributed by atoms with Crippen LogP contribution in [0.25, 0.3) is 0 Å². The maximum absolute atomic E-state index is 11.2. The summed E-state index contributed by atoms with van der Waals surface area (Å²) in [4.78, 5) is 12.6. The normalized spacial score (nSPS) is 10.3. The van der Waals surface area contributed by atoms with Crippen molar-refractivity contribution in [2.45, 2.75) is 32.2 Å². The van der Waals surface area contributed by atoms with Gasteiger partial charge >= 0.3 is 0 Å². The van der Waals surface area contributed by atoms with E-state index in [0.29, 0.717) is 24.2 Å². The van der Waals surface area contributed by atoms with Crippen molar-refractivity contribution in [1.82, 2.24) is 0 Å². The Balaban J connectivity index is 3.22. The lowest BCUT2D eigenvalue weighted by Crippen LogP contribution is -2.32. The van der Waals surface area contributed by atoms with E-state index in [1.807, 2.05) is 18.7 Å². The smallest absolute Gasteiger partial charge is 0.292 e. The molecule has 0 N–H and O–H groups in total. The number of halogens is 1. The second-order valence-electron chi connectivity index (χ2n) is 4.41. The fourth-order valence-corrected chi connectivity index (χ4v) is 2.03. The molecular weight excluding hydrogens is 266 g/mol. The fraction of sp³-hybridized carbons (Fsp3) is 0.462. The van der Waals surface area contributed by atoms with Gasteiger partial charge in [-0.3, -0.25) is 10.1 Å². The summed E-state index contributed by atoms with van der Waals surface area (Å²) in [6.45, 7) is 4.35. The van der Waals surface area contributed by atoms with E-state index in [1.165, 1.54) is 6.07 Å². The van der Waals surface area contributed by atoms with Gasteiger partial charge < -0.3 is 4.90 Å². The average Bonchev–Trinajstić information content (AvgIpc) is 2.38. The minimum Gasteiger partial charge on any atom is -0.363 e. The van der Waals surface area contributed by atoms with Gasteiger partial charge in [0.2, 0.25) is 0 Å². The van der Waals surface area contributed by atoms with Crippen molar-refractivity contribution < 1.29 is 4.92 Å². The first-order valence-electron chi connectivity index (χ1n) is 5.98. The summed E-state index contributed by atoms with van der Waals surface area (Å²) >= 11 is 5.70. The van der Waals surface area contributed by atoms with Gasteiger partial charge in [-0.1, -0.05) is 6.07 Å². The molecule has 0 atom stereocenters. The zero-order chi connectivity index (χ0) is 14.4. The molecule has 0 aliphatic heterocycles. The molecule has 0 aliphatic rings. The number of alkyl halides is 1. The molecule has 6 heteroatoms. The van der Waals surface area contributed by atoms with Gasteiger partial charge in [0.1, 0.15) is 5.69 Å². The van der Waals surface area contributed by atoms with Crippen LogP contribution in [0.15, 0.2) is 18.2 Å². The Morgan fingerprint density at radius 3 is 2.68 bits per heavy atom. The van der Waals surface area contributed by atoms with Crippen molar-refractivity contribution in [2.75, 3.05) is 11.4 Å². The number of nitro benzene ring substituents is 1. The summed E-state index contributed by atoms with van der Waals surface area (Å²) in [5.74, 6) is 0.237. The molecule has 0 fully saturated rings. The van der Waals surface area contributed by atoms with Crippen LogP contribution in [0.5, 0.6) is 0 Å². The highest BCUT2D eigenvalue weighted by Crippen LogP contribution is 2.31. The summed E-state index contributed by atoms with van der Waals surface area (Å²) in [6, 6.07) is 7.11. The number of nitrogens with zero attached hydrogens (tertiary/aromatic N) is 3. The van der Waals surface area contributed by atoms with E-state index in [4.69, 9.17) is 16.9 Å². The lowest BCUT2D eigenvalue weighted by Gasteiger charge is -2.27. The maximum Gasteiger partial charge on any atom is 0.292 e. The van der Waals surface area contributed by atoms with E-state index < -0.39 is 4.92 Å². The van der Waals surface area contributed by atoms with Crippen molar-refractivity contribution in [1.29, 1.82) is 5.26 Å². The summed E-state index contributed by atoms with van der Waals surface area (Å²) in [7, 11) is 0. The van der Waals surface area contributed by atoms with E-state index in [-0.39, 0.29) is 17.6 Å². The van der Waals surface area contributed by atoms with Crippen molar-refractivity contribution >= 4 is 23.0 Å². The van der Waals surface area contributed by atoms with Gasteiger partial charge in [0.25, 0.3) is 5.69 Å². The summed E-state index contributed by atoms with van der Waals surface area (Å²) in [5.41, 5.74) is 1.27. The minimum absolute atomic E-state index is 0.0322. The highest BCUT2D eigenvalue weighted by molar-refractivity contribution is 6.17. The third kappa shape index (κ3) is 3.83. The topological polar surface area (TPSA) is 70.2 Å². The zero-order valence-electron chi connectivity index (χ0n) is 11.0. The molecule has 0 heterocycles. The lowest BCUT2D eigenvalue weighted by atomic mass is 10.1. The largest absolute Gasteiger partial charge is 0.363 e. The van der Waals surface area contributed by atoms with E-state index in [2.05, 4.69) is 6.07 Å². The van der Waals surface area contributed by atoms with Crippen molar-refractivity contribution in [3.63, 3.8) is 0 Å². The quantitative estimate of drug-likeness (QED) is 0.455. The summed E-state index contributed by atoms with van der Waals surface area (Å²) < 4.78 is 0. The molecule has 0 saturated heterocycles. The second-order valence-corrected chi connectivity index (χ2v) is 4.68. The Bertz CT molecular complexity index is 497. The highest BCUT2D eigenvalue weighted by atomic mass is 35.5. The standard InChI is InChI=1S/C13H16ClN3O2/c1-10(2)16(7-3-6-15)12-5-4-11(9-14)8-13(12)17(18)19/h4-5,8,10H,3,7,9H2,1-2H3. The average molecular weight is 282 g/mol. The monoisotopic (exact) mass is 281 g/mol. The Labute approximate surface area is 117 Å². The Hall–Kier alpha value is -1.80. The number of hydrogen-bond donors (Lipinski definition) is 0. The SMILES string of the molecule is CC(C)N(CCC#N)c1ccc(CCl)cc1[N+](=O)[O-]. The molecule has 0 bridgehead atoms. The van der Waals surface area contributed by atoms with Gasteiger partial charge in [-0.2, -0.15) is 5.26 Å². The van der Waals surface area contributed by atoms with Gasteiger partial charge in [-0.25, -0.2) is 0 Å². The third-order valence-electron chi connectivity index (χ3n) is 2.79. The Morgan fingerprint density at radius 2 is 2.21 bits per heavy atom. The first kappa shape index (κ1) is 15.3. The predicted octanol–water partition coefficient (Wildman–Crippen LogP) is 3.46. The number of rotatable bonds is 6. The molecule has 5 nitrogen and oxygen atoms in total. The van der Waals surface area contributed by atoms with Crippen LogP contribution in [0.1, 0.15) is 25.8 Å². The van der Waals surface area contributed by atoms with Crippen molar-refractivity contribution in [2.24, 2.45) is 0 Å². The van der Waals surface area contributed by atoms with Crippen LogP contribution >= 0.6 is 11.6 Å². The molecule has 0 saturated carbocycles.